The molecule has 1 heterocycles. The highest BCUT2D eigenvalue weighted by atomic mass is 16.5. The molecular weight excluding hydrogens is 286 g/mol. The minimum atomic E-state index is 0.664. The second-order valence-corrected chi connectivity index (χ2v) is 5.37. The molecule has 3 aromatic rings. The lowest BCUT2D eigenvalue weighted by atomic mass is 10.1. The summed E-state index contributed by atoms with van der Waals surface area (Å²) in [4.78, 5) is 13.1. The van der Waals surface area contributed by atoms with Crippen LogP contribution < -0.4 is 4.74 Å². The Morgan fingerprint density at radius 3 is 1.96 bits per heavy atom. The van der Waals surface area contributed by atoms with Crippen molar-refractivity contribution >= 4 is 0 Å². The third-order valence-electron chi connectivity index (χ3n) is 3.47. The second-order valence-electron chi connectivity index (χ2n) is 5.37. The molecule has 1 aromatic heterocycles. The summed E-state index contributed by atoms with van der Waals surface area (Å²) in [6, 6.07) is 16.0. The van der Waals surface area contributed by atoms with E-state index in [1.54, 1.807) is 6.33 Å². The fraction of sp³-hybridized carbons (Fsp3) is 0.211. The summed E-state index contributed by atoms with van der Waals surface area (Å²) in [6.07, 6.45) is 2.55. The van der Waals surface area contributed by atoms with Crippen molar-refractivity contribution in [1.29, 1.82) is 0 Å². The second kappa shape index (κ2) is 7.01. The van der Waals surface area contributed by atoms with Crippen molar-refractivity contribution in [2.45, 2.75) is 20.3 Å². The molecule has 0 N–H and O–H groups in total. The summed E-state index contributed by atoms with van der Waals surface area (Å²) in [5.74, 6) is 2.21. The summed E-state index contributed by atoms with van der Waals surface area (Å²) in [6.45, 7) is 4.87. The summed E-state index contributed by atoms with van der Waals surface area (Å²) in [5.41, 5.74) is 3.15. The Kier molecular flexibility index (Phi) is 4.62. The van der Waals surface area contributed by atoms with Crippen molar-refractivity contribution in [3.8, 4) is 28.5 Å². The summed E-state index contributed by atoms with van der Waals surface area (Å²) in [5, 5.41) is 0. The van der Waals surface area contributed by atoms with Crippen LogP contribution in [0, 0.1) is 6.92 Å². The van der Waals surface area contributed by atoms with Gasteiger partial charge in [0.1, 0.15) is 12.1 Å². The van der Waals surface area contributed by atoms with Crippen LogP contribution in [0.3, 0.4) is 0 Å². The minimum Gasteiger partial charge on any atom is -0.494 e. The zero-order chi connectivity index (χ0) is 16.1. The Bertz CT molecular complexity index is 767. The van der Waals surface area contributed by atoms with Crippen molar-refractivity contribution in [3.63, 3.8) is 0 Å². The van der Waals surface area contributed by atoms with Gasteiger partial charge in [0.15, 0.2) is 11.6 Å². The number of benzene rings is 2. The molecule has 0 bridgehead atoms. The maximum absolute atomic E-state index is 5.60. The molecule has 0 aliphatic heterocycles. The SMILES string of the molecule is CCCOc1ccc(-c2ncnc(-c3ccc(C)cc3)n2)cc1. The normalized spacial score (nSPS) is 10.5. The molecule has 0 saturated heterocycles. The number of nitrogens with zero attached hydrogens (tertiary/aromatic N) is 3. The van der Waals surface area contributed by atoms with Gasteiger partial charge in [-0.3, -0.25) is 0 Å². The molecule has 0 atom stereocenters. The fourth-order valence-electron chi connectivity index (χ4n) is 2.20. The van der Waals surface area contributed by atoms with Crippen molar-refractivity contribution < 1.29 is 4.74 Å². The van der Waals surface area contributed by atoms with Gasteiger partial charge in [0, 0.05) is 11.1 Å². The van der Waals surface area contributed by atoms with E-state index in [9.17, 15) is 0 Å². The topological polar surface area (TPSA) is 47.9 Å². The predicted molar refractivity (Wildman–Crippen MR) is 91.2 cm³/mol. The molecule has 0 amide bonds. The van der Waals surface area contributed by atoms with Crippen LogP contribution in [-0.4, -0.2) is 21.6 Å². The lowest BCUT2D eigenvalue weighted by Crippen LogP contribution is -1.96. The first-order valence-electron chi connectivity index (χ1n) is 7.75. The quantitative estimate of drug-likeness (QED) is 0.705. The highest BCUT2D eigenvalue weighted by molar-refractivity contribution is 5.61. The van der Waals surface area contributed by atoms with Gasteiger partial charge in [-0.05, 0) is 37.6 Å². The molecule has 0 unspecified atom stereocenters. The predicted octanol–water partition coefficient (Wildman–Crippen LogP) is 4.30. The smallest absolute Gasteiger partial charge is 0.163 e. The van der Waals surface area contributed by atoms with Gasteiger partial charge in [0.05, 0.1) is 6.61 Å². The molecule has 0 aliphatic carbocycles. The number of hydrogen-bond acceptors (Lipinski definition) is 4. The van der Waals surface area contributed by atoms with Crippen LogP contribution in [0.2, 0.25) is 0 Å². The minimum absolute atomic E-state index is 0.664. The van der Waals surface area contributed by atoms with Crippen LogP contribution in [0.15, 0.2) is 54.9 Å². The maximum Gasteiger partial charge on any atom is 0.163 e. The number of ether oxygens (including phenoxy) is 1. The van der Waals surface area contributed by atoms with Gasteiger partial charge in [-0.15, -0.1) is 0 Å². The molecular formula is C19H19N3O. The third-order valence-corrected chi connectivity index (χ3v) is 3.47. The lowest BCUT2D eigenvalue weighted by molar-refractivity contribution is 0.317. The van der Waals surface area contributed by atoms with E-state index in [4.69, 9.17) is 4.74 Å². The van der Waals surface area contributed by atoms with Crippen LogP contribution in [0.4, 0.5) is 0 Å². The molecule has 0 fully saturated rings. The average Bonchev–Trinajstić information content (AvgIpc) is 2.61. The Morgan fingerprint density at radius 2 is 1.39 bits per heavy atom. The first-order chi connectivity index (χ1) is 11.3. The number of aromatic nitrogens is 3. The summed E-state index contributed by atoms with van der Waals surface area (Å²) < 4.78 is 5.60. The van der Waals surface area contributed by atoms with Crippen LogP contribution >= 0.6 is 0 Å². The molecule has 116 valence electrons. The Hall–Kier alpha value is -2.75. The average molecular weight is 305 g/mol. The van der Waals surface area contributed by atoms with Gasteiger partial charge in [0.25, 0.3) is 0 Å². The van der Waals surface area contributed by atoms with E-state index in [0.29, 0.717) is 11.6 Å². The summed E-state index contributed by atoms with van der Waals surface area (Å²) >= 11 is 0. The first kappa shape index (κ1) is 15.2. The van der Waals surface area contributed by atoms with E-state index < -0.39 is 0 Å². The van der Waals surface area contributed by atoms with E-state index in [0.717, 1.165) is 29.9 Å². The number of rotatable bonds is 5. The van der Waals surface area contributed by atoms with Gasteiger partial charge in [-0.2, -0.15) is 0 Å². The van der Waals surface area contributed by atoms with E-state index in [1.807, 2.05) is 36.4 Å². The van der Waals surface area contributed by atoms with Gasteiger partial charge < -0.3 is 4.74 Å². The molecule has 0 aliphatic rings. The molecule has 0 spiro atoms. The van der Waals surface area contributed by atoms with E-state index >= 15 is 0 Å². The van der Waals surface area contributed by atoms with Gasteiger partial charge in [-0.1, -0.05) is 36.8 Å². The third kappa shape index (κ3) is 3.72. The molecule has 4 nitrogen and oxygen atoms in total. The van der Waals surface area contributed by atoms with E-state index in [-0.39, 0.29) is 0 Å². The zero-order valence-electron chi connectivity index (χ0n) is 13.4. The van der Waals surface area contributed by atoms with Crippen molar-refractivity contribution in [3.05, 3.63) is 60.4 Å². The molecule has 2 aromatic carbocycles. The van der Waals surface area contributed by atoms with Crippen LogP contribution in [-0.2, 0) is 0 Å². The highest BCUT2D eigenvalue weighted by Gasteiger charge is 2.06. The van der Waals surface area contributed by atoms with E-state index in [1.165, 1.54) is 5.56 Å². The molecule has 0 radical (unpaired) electrons. The van der Waals surface area contributed by atoms with Gasteiger partial charge in [-0.25, -0.2) is 15.0 Å². The largest absolute Gasteiger partial charge is 0.494 e. The monoisotopic (exact) mass is 305 g/mol. The van der Waals surface area contributed by atoms with Gasteiger partial charge in [0.2, 0.25) is 0 Å². The zero-order valence-corrected chi connectivity index (χ0v) is 13.4. The molecule has 4 heteroatoms. The number of hydrogen-bond donors (Lipinski definition) is 0. The molecule has 23 heavy (non-hydrogen) atoms. The Balaban J connectivity index is 1.86. The summed E-state index contributed by atoms with van der Waals surface area (Å²) in [7, 11) is 0. The van der Waals surface area contributed by atoms with Crippen molar-refractivity contribution in [2.75, 3.05) is 6.61 Å². The molecule has 0 saturated carbocycles. The Morgan fingerprint density at radius 1 is 0.826 bits per heavy atom. The van der Waals surface area contributed by atoms with Crippen molar-refractivity contribution in [1.82, 2.24) is 15.0 Å². The van der Waals surface area contributed by atoms with Crippen LogP contribution in [0.25, 0.3) is 22.8 Å². The first-order valence-corrected chi connectivity index (χ1v) is 7.75. The highest BCUT2D eigenvalue weighted by Crippen LogP contribution is 2.21. The van der Waals surface area contributed by atoms with Crippen molar-refractivity contribution in [2.24, 2.45) is 0 Å². The van der Waals surface area contributed by atoms with Crippen LogP contribution in [0.5, 0.6) is 5.75 Å². The standard InChI is InChI=1S/C19H19N3O/c1-3-12-23-17-10-8-16(9-11-17)19-21-13-20-18(22-19)15-6-4-14(2)5-7-15/h4-11,13H,3,12H2,1-2H3. The van der Waals surface area contributed by atoms with Gasteiger partial charge >= 0.3 is 0 Å². The van der Waals surface area contributed by atoms with E-state index in [2.05, 4.69) is 40.9 Å². The van der Waals surface area contributed by atoms with Crippen LogP contribution in [0.1, 0.15) is 18.9 Å². The molecule has 3 rings (SSSR count). The lowest BCUT2D eigenvalue weighted by Gasteiger charge is -2.06. The maximum atomic E-state index is 5.60. The fourth-order valence-corrected chi connectivity index (χ4v) is 2.20. The number of aryl methyl sites for hydroxylation is 1. The Labute approximate surface area is 136 Å².